The first-order chi connectivity index (χ1) is 6.86. The zero-order chi connectivity index (χ0) is 11.6. The molecule has 82 valence electrons. The SMILES string of the molecule is NNC(=O)c1ccc(Cl)cc1S(N)(=O)=O. The van der Waals surface area contributed by atoms with E-state index >= 15 is 0 Å². The summed E-state index contributed by atoms with van der Waals surface area (Å²) in [6, 6.07) is 3.67. The van der Waals surface area contributed by atoms with Crippen molar-refractivity contribution in [2.24, 2.45) is 11.0 Å². The Kier molecular flexibility index (Phi) is 3.30. The largest absolute Gasteiger partial charge is 0.290 e. The van der Waals surface area contributed by atoms with Gasteiger partial charge in [0.15, 0.2) is 0 Å². The number of sulfonamides is 1. The van der Waals surface area contributed by atoms with Crippen LogP contribution < -0.4 is 16.4 Å². The van der Waals surface area contributed by atoms with Gasteiger partial charge in [0.25, 0.3) is 5.91 Å². The number of halogens is 1. The van der Waals surface area contributed by atoms with Crippen molar-refractivity contribution in [2.75, 3.05) is 0 Å². The van der Waals surface area contributed by atoms with Gasteiger partial charge < -0.3 is 0 Å². The fourth-order valence-corrected chi connectivity index (χ4v) is 1.99. The minimum absolute atomic E-state index is 0.149. The van der Waals surface area contributed by atoms with E-state index in [1.54, 1.807) is 0 Å². The molecule has 1 aromatic rings. The smallest absolute Gasteiger partial charge is 0.266 e. The van der Waals surface area contributed by atoms with Crippen LogP contribution in [0.1, 0.15) is 10.4 Å². The summed E-state index contributed by atoms with van der Waals surface area (Å²) in [6.45, 7) is 0. The van der Waals surface area contributed by atoms with Crippen molar-refractivity contribution in [3.63, 3.8) is 0 Å². The fraction of sp³-hybridized carbons (Fsp3) is 0. The second-order valence-corrected chi connectivity index (χ2v) is 4.63. The second kappa shape index (κ2) is 4.15. The number of benzene rings is 1. The van der Waals surface area contributed by atoms with Gasteiger partial charge in [-0.05, 0) is 18.2 Å². The first-order valence-electron chi connectivity index (χ1n) is 3.69. The van der Waals surface area contributed by atoms with Crippen LogP contribution in [0.2, 0.25) is 5.02 Å². The molecule has 0 radical (unpaired) electrons. The average molecular weight is 250 g/mol. The number of hydrogen-bond acceptors (Lipinski definition) is 4. The lowest BCUT2D eigenvalue weighted by Crippen LogP contribution is -2.31. The van der Waals surface area contributed by atoms with Crippen molar-refractivity contribution in [2.45, 2.75) is 4.90 Å². The van der Waals surface area contributed by atoms with Crippen molar-refractivity contribution in [3.05, 3.63) is 28.8 Å². The van der Waals surface area contributed by atoms with Crippen molar-refractivity contribution in [1.82, 2.24) is 5.43 Å². The molecule has 0 saturated heterocycles. The van der Waals surface area contributed by atoms with Gasteiger partial charge in [0.05, 0.1) is 10.5 Å². The third-order valence-corrected chi connectivity index (χ3v) is 2.81. The minimum atomic E-state index is -4.01. The van der Waals surface area contributed by atoms with Crippen molar-refractivity contribution < 1.29 is 13.2 Å². The topological polar surface area (TPSA) is 115 Å². The van der Waals surface area contributed by atoms with E-state index in [1.165, 1.54) is 12.1 Å². The second-order valence-electron chi connectivity index (χ2n) is 2.66. The standard InChI is InChI=1S/C7H8ClN3O3S/c8-4-1-2-5(7(12)11-9)6(3-4)15(10,13)14/h1-3H,9H2,(H,11,12)(H2,10,13,14). The maximum absolute atomic E-state index is 11.2. The van der Waals surface area contributed by atoms with Crippen LogP contribution in [0.3, 0.4) is 0 Å². The molecule has 6 nitrogen and oxygen atoms in total. The van der Waals surface area contributed by atoms with E-state index in [-0.39, 0.29) is 15.5 Å². The highest BCUT2D eigenvalue weighted by atomic mass is 35.5. The van der Waals surface area contributed by atoms with Crippen LogP contribution in [0.15, 0.2) is 23.1 Å². The van der Waals surface area contributed by atoms with Gasteiger partial charge in [-0.15, -0.1) is 0 Å². The number of carbonyl (C=O) groups excluding carboxylic acids is 1. The van der Waals surface area contributed by atoms with Crippen molar-refractivity contribution >= 4 is 27.5 Å². The summed E-state index contributed by atoms with van der Waals surface area (Å²) in [5, 5.41) is 5.07. The molecule has 0 aliphatic rings. The Morgan fingerprint density at radius 2 is 2.00 bits per heavy atom. The fourth-order valence-electron chi connectivity index (χ4n) is 0.997. The molecule has 1 rings (SSSR count). The normalized spacial score (nSPS) is 11.1. The van der Waals surface area contributed by atoms with Crippen LogP contribution in [0, 0.1) is 0 Å². The number of amides is 1. The van der Waals surface area contributed by atoms with E-state index in [0.717, 1.165) is 6.07 Å². The number of rotatable bonds is 2. The number of nitrogens with one attached hydrogen (secondary N) is 1. The summed E-state index contributed by atoms with van der Waals surface area (Å²) in [5.74, 6) is 4.13. The highest BCUT2D eigenvalue weighted by molar-refractivity contribution is 7.89. The number of primary sulfonamides is 1. The van der Waals surface area contributed by atoms with E-state index in [9.17, 15) is 13.2 Å². The van der Waals surface area contributed by atoms with Crippen LogP contribution in [-0.4, -0.2) is 14.3 Å². The van der Waals surface area contributed by atoms with Crippen LogP contribution >= 0.6 is 11.6 Å². The Bertz CT molecular complexity index is 500. The summed E-state index contributed by atoms with van der Waals surface area (Å²) >= 11 is 5.59. The van der Waals surface area contributed by atoms with E-state index in [0.29, 0.717) is 0 Å². The molecule has 0 aliphatic carbocycles. The number of hydrogen-bond donors (Lipinski definition) is 3. The molecule has 0 fully saturated rings. The van der Waals surface area contributed by atoms with Gasteiger partial charge in [-0.25, -0.2) is 19.4 Å². The third kappa shape index (κ3) is 2.66. The molecule has 0 aromatic heterocycles. The van der Waals surface area contributed by atoms with Gasteiger partial charge in [-0.1, -0.05) is 11.6 Å². The predicted octanol–water partition coefficient (Wildman–Crippen LogP) is -0.409. The number of hydrazine groups is 1. The summed E-state index contributed by atoms with van der Waals surface area (Å²) in [5.41, 5.74) is 1.66. The first kappa shape index (κ1) is 11.9. The summed E-state index contributed by atoms with van der Waals surface area (Å²) in [7, 11) is -4.01. The molecule has 0 unspecified atom stereocenters. The van der Waals surface area contributed by atoms with E-state index in [1.807, 2.05) is 5.43 Å². The number of nitrogen functional groups attached to an aromatic ring is 1. The molecular formula is C7H8ClN3O3S. The van der Waals surface area contributed by atoms with Crippen LogP contribution in [0.25, 0.3) is 0 Å². The van der Waals surface area contributed by atoms with Crippen LogP contribution in [0.4, 0.5) is 0 Å². The maximum atomic E-state index is 11.2. The predicted molar refractivity (Wildman–Crippen MR) is 54.5 cm³/mol. The molecule has 0 heterocycles. The summed E-state index contributed by atoms with van der Waals surface area (Å²) in [4.78, 5) is 10.8. The van der Waals surface area contributed by atoms with Gasteiger partial charge >= 0.3 is 0 Å². The van der Waals surface area contributed by atoms with E-state index < -0.39 is 15.9 Å². The Balaban J connectivity index is 3.47. The van der Waals surface area contributed by atoms with Crippen LogP contribution in [0.5, 0.6) is 0 Å². The van der Waals surface area contributed by atoms with Crippen molar-refractivity contribution in [1.29, 1.82) is 0 Å². The average Bonchev–Trinajstić information content (AvgIpc) is 2.15. The van der Waals surface area contributed by atoms with Crippen molar-refractivity contribution in [3.8, 4) is 0 Å². The number of carbonyl (C=O) groups is 1. The lowest BCUT2D eigenvalue weighted by atomic mass is 10.2. The molecule has 1 amide bonds. The molecule has 15 heavy (non-hydrogen) atoms. The molecule has 1 aromatic carbocycles. The molecule has 0 atom stereocenters. The van der Waals surface area contributed by atoms with E-state index in [2.05, 4.69) is 0 Å². The van der Waals surface area contributed by atoms with Gasteiger partial charge in [-0.3, -0.25) is 10.2 Å². The lowest BCUT2D eigenvalue weighted by molar-refractivity contribution is 0.0950. The first-order valence-corrected chi connectivity index (χ1v) is 5.62. The molecule has 0 saturated carbocycles. The Labute approximate surface area is 91.2 Å². The van der Waals surface area contributed by atoms with Gasteiger partial charge in [0.1, 0.15) is 0 Å². The zero-order valence-corrected chi connectivity index (χ0v) is 8.97. The molecular weight excluding hydrogens is 242 g/mol. The highest BCUT2D eigenvalue weighted by Crippen LogP contribution is 2.19. The zero-order valence-electron chi connectivity index (χ0n) is 7.40. The lowest BCUT2D eigenvalue weighted by Gasteiger charge is -2.06. The van der Waals surface area contributed by atoms with Gasteiger partial charge in [-0.2, -0.15) is 0 Å². The summed E-state index contributed by atoms with van der Waals surface area (Å²) < 4.78 is 22.2. The van der Waals surface area contributed by atoms with Gasteiger partial charge in [0, 0.05) is 5.02 Å². The minimum Gasteiger partial charge on any atom is -0.290 e. The van der Waals surface area contributed by atoms with Crippen LogP contribution in [-0.2, 0) is 10.0 Å². The Hall–Kier alpha value is -1.15. The van der Waals surface area contributed by atoms with Gasteiger partial charge in [0.2, 0.25) is 10.0 Å². The summed E-state index contributed by atoms with van der Waals surface area (Å²) in [6.07, 6.45) is 0. The Morgan fingerprint density at radius 3 is 2.47 bits per heavy atom. The molecule has 8 heteroatoms. The number of nitrogens with two attached hydrogens (primary N) is 2. The molecule has 5 N–H and O–H groups in total. The highest BCUT2D eigenvalue weighted by Gasteiger charge is 2.18. The molecule has 0 spiro atoms. The monoisotopic (exact) mass is 249 g/mol. The maximum Gasteiger partial charge on any atom is 0.266 e. The molecule has 0 bridgehead atoms. The van der Waals surface area contributed by atoms with E-state index in [4.69, 9.17) is 22.6 Å². The Morgan fingerprint density at radius 1 is 1.40 bits per heavy atom. The third-order valence-electron chi connectivity index (χ3n) is 1.63. The quantitative estimate of drug-likeness (QED) is 0.375. The molecule has 0 aliphatic heterocycles.